The molecule has 1 aromatic carbocycles. The van der Waals surface area contributed by atoms with Crippen LogP contribution in [0.15, 0.2) is 24.3 Å². The van der Waals surface area contributed by atoms with Crippen LogP contribution in [0.1, 0.15) is 64.9 Å². The SMILES string of the molecule is CC[C@H](C)c1ccccc1OC[C@H](O)CN1[C@H](C)CCC[C@@H]1C. The molecule has 23 heavy (non-hydrogen) atoms. The van der Waals surface area contributed by atoms with Crippen molar-refractivity contribution in [2.24, 2.45) is 0 Å². The Morgan fingerprint density at radius 1 is 1.22 bits per heavy atom. The zero-order valence-electron chi connectivity index (χ0n) is 15.2. The quantitative estimate of drug-likeness (QED) is 0.817. The van der Waals surface area contributed by atoms with E-state index in [4.69, 9.17) is 4.74 Å². The van der Waals surface area contributed by atoms with E-state index >= 15 is 0 Å². The third-order valence-corrected chi connectivity index (χ3v) is 5.29. The molecule has 0 aromatic heterocycles. The van der Waals surface area contributed by atoms with Crippen molar-refractivity contribution in [3.05, 3.63) is 29.8 Å². The molecule has 1 aromatic rings. The molecular weight excluding hydrogens is 286 g/mol. The van der Waals surface area contributed by atoms with Crippen LogP contribution in [0.25, 0.3) is 0 Å². The third kappa shape index (κ3) is 4.95. The topological polar surface area (TPSA) is 32.7 Å². The minimum Gasteiger partial charge on any atom is -0.491 e. The molecule has 130 valence electrons. The zero-order valence-corrected chi connectivity index (χ0v) is 15.2. The van der Waals surface area contributed by atoms with E-state index in [2.05, 4.69) is 44.7 Å². The van der Waals surface area contributed by atoms with Crippen molar-refractivity contribution in [2.75, 3.05) is 13.2 Å². The lowest BCUT2D eigenvalue weighted by molar-refractivity contribution is 0.0207. The van der Waals surface area contributed by atoms with Gasteiger partial charge in [-0.1, -0.05) is 38.5 Å². The van der Waals surface area contributed by atoms with E-state index in [9.17, 15) is 5.11 Å². The fraction of sp³-hybridized carbons (Fsp3) is 0.700. The van der Waals surface area contributed by atoms with Crippen molar-refractivity contribution in [2.45, 2.75) is 77.5 Å². The lowest BCUT2D eigenvalue weighted by Crippen LogP contribution is -2.48. The predicted octanol–water partition coefficient (Wildman–Crippen LogP) is 4.20. The molecule has 0 bridgehead atoms. The number of hydrogen-bond acceptors (Lipinski definition) is 3. The molecule has 0 amide bonds. The molecule has 0 unspecified atom stereocenters. The number of benzene rings is 1. The van der Waals surface area contributed by atoms with Gasteiger partial charge in [0.1, 0.15) is 18.5 Å². The predicted molar refractivity (Wildman–Crippen MR) is 96.1 cm³/mol. The molecule has 0 saturated carbocycles. The largest absolute Gasteiger partial charge is 0.491 e. The highest BCUT2D eigenvalue weighted by atomic mass is 16.5. The van der Waals surface area contributed by atoms with Gasteiger partial charge in [0.15, 0.2) is 0 Å². The van der Waals surface area contributed by atoms with Gasteiger partial charge in [0.2, 0.25) is 0 Å². The van der Waals surface area contributed by atoms with E-state index in [1.54, 1.807) is 0 Å². The van der Waals surface area contributed by atoms with E-state index in [1.165, 1.54) is 24.8 Å². The van der Waals surface area contributed by atoms with Gasteiger partial charge in [0.05, 0.1) is 0 Å². The second-order valence-electron chi connectivity index (χ2n) is 7.14. The van der Waals surface area contributed by atoms with E-state index in [0.717, 1.165) is 12.2 Å². The summed E-state index contributed by atoms with van der Waals surface area (Å²) < 4.78 is 5.96. The van der Waals surface area contributed by atoms with Crippen LogP contribution in [0.4, 0.5) is 0 Å². The molecule has 2 rings (SSSR count). The Morgan fingerprint density at radius 2 is 1.87 bits per heavy atom. The Labute approximate surface area is 141 Å². The summed E-state index contributed by atoms with van der Waals surface area (Å²) in [6.45, 7) is 10.0. The molecule has 4 atom stereocenters. The molecule has 0 spiro atoms. The van der Waals surface area contributed by atoms with Gasteiger partial charge < -0.3 is 9.84 Å². The lowest BCUT2D eigenvalue weighted by Gasteiger charge is -2.40. The molecule has 0 radical (unpaired) electrons. The van der Waals surface area contributed by atoms with Crippen LogP contribution in [0.3, 0.4) is 0 Å². The Balaban J connectivity index is 1.90. The molecule has 1 fully saturated rings. The Bertz CT molecular complexity index is 466. The minimum absolute atomic E-state index is 0.364. The van der Waals surface area contributed by atoms with Crippen molar-refractivity contribution in [1.82, 2.24) is 4.90 Å². The summed E-state index contributed by atoms with van der Waals surface area (Å²) in [5.41, 5.74) is 1.24. The number of ether oxygens (including phenoxy) is 1. The summed E-state index contributed by atoms with van der Waals surface area (Å²) in [6.07, 6.45) is 4.41. The van der Waals surface area contributed by atoms with Crippen LogP contribution in [0.5, 0.6) is 5.75 Å². The van der Waals surface area contributed by atoms with Crippen LogP contribution in [-0.4, -0.2) is 41.3 Å². The summed E-state index contributed by atoms with van der Waals surface area (Å²) in [6, 6.07) is 9.32. The maximum Gasteiger partial charge on any atom is 0.122 e. The highest BCUT2D eigenvalue weighted by Gasteiger charge is 2.26. The van der Waals surface area contributed by atoms with Crippen LogP contribution in [0, 0.1) is 0 Å². The number of nitrogens with zero attached hydrogens (tertiary/aromatic N) is 1. The van der Waals surface area contributed by atoms with Gasteiger partial charge in [-0.2, -0.15) is 0 Å². The van der Waals surface area contributed by atoms with E-state index in [-0.39, 0.29) is 0 Å². The first kappa shape index (κ1) is 18.3. The first-order valence-corrected chi connectivity index (χ1v) is 9.18. The van der Waals surface area contributed by atoms with Crippen molar-refractivity contribution >= 4 is 0 Å². The van der Waals surface area contributed by atoms with Crippen LogP contribution < -0.4 is 4.74 Å². The lowest BCUT2D eigenvalue weighted by atomic mass is 9.97. The third-order valence-electron chi connectivity index (χ3n) is 5.29. The van der Waals surface area contributed by atoms with Crippen LogP contribution in [-0.2, 0) is 0 Å². The van der Waals surface area contributed by atoms with Gasteiger partial charge >= 0.3 is 0 Å². The number of piperidine rings is 1. The molecule has 1 aliphatic heterocycles. The first-order chi connectivity index (χ1) is 11.0. The number of aliphatic hydroxyl groups is 1. The van der Waals surface area contributed by atoms with E-state index in [0.29, 0.717) is 31.2 Å². The van der Waals surface area contributed by atoms with E-state index < -0.39 is 6.10 Å². The maximum absolute atomic E-state index is 10.4. The first-order valence-electron chi connectivity index (χ1n) is 9.18. The van der Waals surface area contributed by atoms with Crippen molar-refractivity contribution in [3.63, 3.8) is 0 Å². The number of hydrogen-bond donors (Lipinski definition) is 1. The Kier molecular flexibility index (Phi) is 6.91. The van der Waals surface area contributed by atoms with Crippen molar-refractivity contribution in [1.29, 1.82) is 0 Å². The van der Waals surface area contributed by atoms with Gasteiger partial charge in [-0.3, -0.25) is 4.90 Å². The maximum atomic E-state index is 10.4. The summed E-state index contributed by atoms with van der Waals surface area (Å²) in [7, 11) is 0. The van der Waals surface area contributed by atoms with Gasteiger partial charge in [-0.05, 0) is 50.7 Å². The number of likely N-dealkylation sites (tertiary alicyclic amines) is 1. The number of β-amino-alcohol motifs (C(OH)–C–C–N with tert-alkyl or cyclic N) is 1. The molecule has 1 aliphatic rings. The molecule has 3 heteroatoms. The fourth-order valence-corrected chi connectivity index (χ4v) is 3.56. The standard InChI is InChI=1S/C20H33NO2/c1-5-15(2)19-11-6-7-12-20(19)23-14-18(22)13-21-16(3)9-8-10-17(21)4/h6-7,11-12,15-18,22H,5,8-10,13-14H2,1-4H3/t15-,16-,17+,18+/m0/s1. The number of para-hydroxylation sites is 1. The summed E-state index contributed by atoms with van der Waals surface area (Å²) in [4.78, 5) is 2.43. The van der Waals surface area contributed by atoms with Gasteiger partial charge in [-0.25, -0.2) is 0 Å². The Hall–Kier alpha value is -1.06. The fourth-order valence-electron chi connectivity index (χ4n) is 3.56. The smallest absolute Gasteiger partial charge is 0.122 e. The summed E-state index contributed by atoms with van der Waals surface area (Å²) >= 11 is 0. The van der Waals surface area contributed by atoms with Gasteiger partial charge in [-0.15, -0.1) is 0 Å². The highest BCUT2D eigenvalue weighted by molar-refractivity contribution is 5.35. The minimum atomic E-state index is -0.442. The molecular formula is C20H33NO2. The van der Waals surface area contributed by atoms with Crippen molar-refractivity contribution in [3.8, 4) is 5.75 Å². The highest BCUT2D eigenvalue weighted by Crippen LogP contribution is 2.28. The second kappa shape index (κ2) is 8.70. The Morgan fingerprint density at radius 3 is 2.52 bits per heavy atom. The average Bonchev–Trinajstić information content (AvgIpc) is 2.56. The van der Waals surface area contributed by atoms with Gasteiger partial charge in [0.25, 0.3) is 0 Å². The van der Waals surface area contributed by atoms with Gasteiger partial charge in [0, 0.05) is 18.6 Å². The zero-order chi connectivity index (χ0) is 16.8. The normalized spacial score (nSPS) is 25.1. The van der Waals surface area contributed by atoms with Crippen LogP contribution >= 0.6 is 0 Å². The summed E-state index contributed by atoms with van der Waals surface area (Å²) in [5, 5.41) is 10.4. The summed E-state index contributed by atoms with van der Waals surface area (Å²) in [5.74, 6) is 1.39. The molecule has 1 heterocycles. The van der Waals surface area contributed by atoms with E-state index in [1.807, 2.05) is 12.1 Å². The average molecular weight is 319 g/mol. The molecule has 1 N–H and O–H groups in total. The molecule has 3 nitrogen and oxygen atoms in total. The second-order valence-corrected chi connectivity index (χ2v) is 7.14. The van der Waals surface area contributed by atoms with Crippen LogP contribution in [0.2, 0.25) is 0 Å². The number of aliphatic hydroxyl groups excluding tert-OH is 1. The number of rotatable bonds is 7. The molecule has 0 aliphatic carbocycles. The molecule has 1 saturated heterocycles. The van der Waals surface area contributed by atoms with Crippen molar-refractivity contribution < 1.29 is 9.84 Å². The monoisotopic (exact) mass is 319 g/mol.